The minimum Gasteiger partial charge on any atom is -0.790 e. The smallest absolute Gasteiger partial charge is 0.253 e. The third kappa shape index (κ3) is 7.64. The molecule has 1 atom stereocenters. The van der Waals surface area contributed by atoms with E-state index in [4.69, 9.17) is 4.74 Å². The Hall–Kier alpha value is -3.24. The number of phosphoric ester groups is 1. The van der Waals surface area contributed by atoms with Crippen LogP contribution in [0.2, 0.25) is 0 Å². The molecule has 0 spiro atoms. The highest BCUT2D eigenvalue weighted by atomic mass is 32.2. The van der Waals surface area contributed by atoms with Crippen molar-refractivity contribution >= 4 is 23.4 Å². The number of methoxy groups -OCH3 is 1. The highest BCUT2D eigenvalue weighted by molar-refractivity contribution is 7.92. The van der Waals surface area contributed by atoms with Crippen LogP contribution in [0.1, 0.15) is 13.3 Å². The zero-order valence-electron chi connectivity index (χ0n) is 21.6. The summed E-state index contributed by atoms with van der Waals surface area (Å²) in [5.74, 6) is -0.745. The summed E-state index contributed by atoms with van der Waals surface area (Å²) in [6.07, 6.45) is 3.39. The first-order valence-corrected chi connectivity index (χ1v) is 13.8. The molecule has 2 heterocycles. The fraction of sp³-hybridized carbons (Fsp3) is 0.333. The molecule has 0 radical (unpaired) electrons. The summed E-state index contributed by atoms with van der Waals surface area (Å²) in [7, 11) is -8.04. The Labute approximate surface area is 218 Å². The molecule has 0 aliphatic rings. The number of nitrogens with zero attached hydrogens (tertiary/aromatic N) is 4. The normalized spacial score (nSPS) is 13.1. The standard InChI is InChI=1S/C21H25N4O9PS.2H3N/c1-21(36(3,31)32,18(26)14-34-35(28,29)30)9-11-24-10-8-16(12-20(24)27)15-4-6-17(7-5-15)25-22-13-19(23-25)33-2;;/h4-8,10,12-13H,9,11,14H2,1-3H3,(H2,28,29,30);2*1H3/t21-;;/m1../s1. The highest BCUT2D eigenvalue weighted by Gasteiger charge is 2.42. The zero-order valence-corrected chi connectivity index (χ0v) is 23.3. The highest BCUT2D eigenvalue weighted by Crippen LogP contribution is 2.28. The van der Waals surface area contributed by atoms with Gasteiger partial charge in [0.2, 0.25) is 0 Å². The van der Waals surface area contributed by atoms with Crippen LogP contribution < -0.4 is 32.4 Å². The lowest BCUT2D eigenvalue weighted by molar-refractivity contribution is -0.341. The maximum atomic E-state index is 12.7. The van der Waals surface area contributed by atoms with Crippen molar-refractivity contribution in [2.24, 2.45) is 0 Å². The number of quaternary nitrogens is 2. The molecule has 210 valence electrons. The van der Waals surface area contributed by atoms with Gasteiger partial charge in [-0.25, -0.2) is 8.42 Å². The van der Waals surface area contributed by atoms with Gasteiger partial charge in [-0.2, -0.15) is 5.10 Å². The van der Waals surface area contributed by atoms with Crippen LogP contribution in [-0.2, 0) is 30.3 Å². The van der Waals surface area contributed by atoms with Gasteiger partial charge >= 0.3 is 0 Å². The van der Waals surface area contributed by atoms with Gasteiger partial charge in [0, 0.05) is 25.1 Å². The number of carbonyl (C=O) groups excluding carboxylic acids is 1. The maximum Gasteiger partial charge on any atom is 0.253 e. The number of aromatic nitrogens is 4. The molecule has 0 unspecified atom stereocenters. The largest absolute Gasteiger partial charge is 0.790 e. The Morgan fingerprint density at radius 1 is 1.13 bits per heavy atom. The molecule has 0 amide bonds. The Balaban J connectivity index is 0.00000361. The van der Waals surface area contributed by atoms with Gasteiger partial charge in [0.15, 0.2) is 15.6 Å². The fourth-order valence-corrected chi connectivity index (χ4v) is 4.49. The molecule has 0 aliphatic heterocycles. The molecule has 15 nitrogen and oxygen atoms in total. The number of carbonyl (C=O) groups is 1. The number of hydrogen-bond acceptors (Lipinski definition) is 11. The minimum atomic E-state index is -5.47. The van der Waals surface area contributed by atoms with Crippen LogP contribution in [0.4, 0.5) is 0 Å². The van der Waals surface area contributed by atoms with Gasteiger partial charge in [-0.3, -0.25) is 9.59 Å². The molecule has 38 heavy (non-hydrogen) atoms. The molecule has 0 saturated carbocycles. The summed E-state index contributed by atoms with van der Waals surface area (Å²) in [5, 5.41) is 8.22. The summed E-state index contributed by atoms with van der Waals surface area (Å²) in [4.78, 5) is 47.9. The van der Waals surface area contributed by atoms with Crippen LogP contribution in [0.25, 0.3) is 16.8 Å². The quantitative estimate of drug-likeness (QED) is 0.297. The third-order valence-electron chi connectivity index (χ3n) is 5.70. The second-order valence-electron chi connectivity index (χ2n) is 8.07. The van der Waals surface area contributed by atoms with Crippen molar-refractivity contribution in [3.8, 4) is 22.7 Å². The lowest BCUT2D eigenvalue weighted by atomic mass is 10.0. The van der Waals surface area contributed by atoms with Crippen LogP contribution in [-0.4, -0.2) is 58.5 Å². The van der Waals surface area contributed by atoms with Gasteiger partial charge in [-0.05, 0) is 42.7 Å². The Bertz CT molecular complexity index is 1470. The molecule has 0 fully saturated rings. The first kappa shape index (κ1) is 32.8. The summed E-state index contributed by atoms with van der Waals surface area (Å²) >= 11 is 0. The summed E-state index contributed by atoms with van der Waals surface area (Å²) in [5.41, 5.74) is 1.56. The van der Waals surface area contributed by atoms with Crippen molar-refractivity contribution in [2.45, 2.75) is 24.6 Å². The molecular weight excluding hydrogens is 543 g/mol. The fourth-order valence-electron chi connectivity index (χ4n) is 3.28. The van der Waals surface area contributed by atoms with Gasteiger partial charge in [0.05, 0.1) is 20.6 Å². The van der Waals surface area contributed by atoms with Crippen molar-refractivity contribution in [1.29, 1.82) is 0 Å². The van der Waals surface area contributed by atoms with Crippen LogP contribution >= 0.6 is 7.82 Å². The van der Waals surface area contributed by atoms with Crippen LogP contribution in [0.15, 0.2) is 53.6 Å². The van der Waals surface area contributed by atoms with E-state index in [-0.39, 0.29) is 25.3 Å². The van der Waals surface area contributed by atoms with Crippen LogP contribution in [0.5, 0.6) is 5.88 Å². The first-order valence-electron chi connectivity index (χ1n) is 10.4. The van der Waals surface area contributed by atoms with E-state index in [0.29, 0.717) is 17.1 Å². The van der Waals surface area contributed by atoms with Crippen molar-refractivity contribution in [2.75, 3.05) is 20.0 Å². The molecular formula is C21H31N6O9PS. The van der Waals surface area contributed by atoms with Gasteiger partial charge < -0.3 is 40.5 Å². The number of aryl methyl sites for hydroxylation is 1. The molecule has 3 aromatic rings. The van der Waals surface area contributed by atoms with E-state index in [1.807, 2.05) is 0 Å². The summed E-state index contributed by atoms with van der Waals surface area (Å²) in [6.45, 7) is -0.273. The Morgan fingerprint density at radius 2 is 1.76 bits per heavy atom. The maximum absolute atomic E-state index is 12.7. The summed E-state index contributed by atoms with van der Waals surface area (Å²) in [6, 6.07) is 10.1. The van der Waals surface area contributed by atoms with E-state index in [9.17, 15) is 32.4 Å². The molecule has 0 saturated heterocycles. The molecule has 1 aromatic carbocycles. The third-order valence-corrected chi connectivity index (χ3v) is 8.21. The average molecular weight is 575 g/mol. The van der Waals surface area contributed by atoms with E-state index in [1.54, 1.807) is 30.3 Å². The van der Waals surface area contributed by atoms with E-state index in [2.05, 4.69) is 14.7 Å². The predicted molar refractivity (Wildman–Crippen MR) is 136 cm³/mol. The van der Waals surface area contributed by atoms with Crippen molar-refractivity contribution in [3.63, 3.8) is 0 Å². The van der Waals surface area contributed by atoms with E-state index in [0.717, 1.165) is 18.7 Å². The van der Waals surface area contributed by atoms with Crippen LogP contribution in [0, 0.1) is 0 Å². The second kappa shape index (κ2) is 12.5. The molecule has 8 N–H and O–H groups in total. The van der Waals surface area contributed by atoms with Crippen molar-refractivity contribution in [1.82, 2.24) is 31.9 Å². The van der Waals surface area contributed by atoms with E-state index < -0.39 is 40.4 Å². The molecule has 17 heteroatoms. The SMILES string of the molecule is COc1cnn(-c2ccc(-c3ccn(CC[C@](C)(C(=O)COP(=O)([O-])[O-])S(C)(=O)=O)c(=O)c3)cc2)n1.[NH4+].[NH4+]. The molecule has 0 bridgehead atoms. The van der Waals surface area contributed by atoms with Crippen molar-refractivity contribution in [3.05, 3.63) is 59.1 Å². The summed E-state index contributed by atoms with van der Waals surface area (Å²) < 4.78 is 43.4. The number of hydrogen-bond donors (Lipinski definition) is 2. The number of ketones is 1. The predicted octanol–water partition coefficient (Wildman–Crippen LogP) is 0.465. The Kier molecular flexibility index (Phi) is 10.8. The molecule has 2 aromatic heterocycles. The van der Waals surface area contributed by atoms with Gasteiger partial charge in [-0.1, -0.05) is 12.1 Å². The number of ether oxygens (including phenoxy) is 1. The molecule has 3 rings (SSSR count). The number of rotatable bonds is 11. The lowest BCUT2D eigenvalue weighted by Gasteiger charge is -2.31. The average Bonchev–Trinajstić information content (AvgIpc) is 3.30. The number of Topliss-reactive ketones (excluding diaryl/α,β-unsaturated/α-hetero) is 1. The number of benzene rings is 1. The van der Waals surface area contributed by atoms with Gasteiger partial charge in [0.25, 0.3) is 11.4 Å². The monoisotopic (exact) mass is 574 g/mol. The Morgan fingerprint density at radius 3 is 2.26 bits per heavy atom. The number of phosphoric acid groups is 1. The van der Waals surface area contributed by atoms with Gasteiger partial charge in [-0.15, -0.1) is 9.90 Å². The van der Waals surface area contributed by atoms with Crippen LogP contribution in [0.3, 0.4) is 0 Å². The first-order chi connectivity index (χ1) is 16.7. The van der Waals surface area contributed by atoms with E-state index in [1.165, 1.54) is 34.9 Å². The minimum absolute atomic E-state index is 0. The number of pyridine rings is 1. The zero-order chi connectivity index (χ0) is 26.7. The second-order valence-corrected chi connectivity index (χ2v) is 11.7. The molecule has 0 aliphatic carbocycles. The number of sulfone groups is 1. The van der Waals surface area contributed by atoms with Crippen molar-refractivity contribution < 1.29 is 36.8 Å². The topological polar surface area (TPSA) is 259 Å². The van der Waals surface area contributed by atoms with E-state index >= 15 is 0 Å². The van der Waals surface area contributed by atoms with Gasteiger partial charge in [0.1, 0.15) is 17.6 Å². The lowest BCUT2D eigenvalue weighted by Crippen LogP contribution is -2.46.